The maximum absolute atomic E-state index is 6.31. The molecule has 0 unspecified atom stereocenters. The second-order valence-corrected chi connectivity index (χ2v) is 14.9. The van der Waals surface area contributed by atoms with E-state index in [1.165, 1.54) is 0 Å². The fourth-order valence-corrected chi connectivity index (χ4v) is 7.62. The van der Waals surface area contributed by atoms with Crippen molar-refractivity contribution in [1.82, 2.24) is 9.97 Å². The Labute approximate surface area is 263 Å². The first-order valence-corrected chi connectivity index (χ1v) is 15.8. The van der Waals surface area contributed by atoms with Gasteiger partial charge in [-0.05, 0) is 129 Å². The van der Waals surface area contributed by atoms with Crippen molar-refractivity contribution in [3.05, 3.63) is 85.2 Å². The molecular weight excluding hydrogens is 544 g/mol. The summed E-state index contributed by atoms with van der Waals surface area (Å²) < 4.78 is 12.6. The molecule has 6 heteroatoms. The molecule has 0 atom stereocenters. The van der Waals surface area contributed by atoms with Crippen LogP contribution in [0.2, 0.25) is 0 Å². The summed E-state index contributed by atoms with van der Waals surface area (Å²) in [5.74, 6) is 2.66. The minimum absolute atomic E-state index is 0.0767. The largest absolute Gasteiger partial charge is 0.439 e. The van der Waals surface area contributed by atoms with Crippen molar-refractivity contribution in [1.29, 1.82) is 0 Å². The Bertz CT molecular complexity index is 1500. The van der Waals surface area contributed by atoms with Crippen LogP contribution in [0.5, 0.6) is 23.3 Å². The molecule has 0 amide bonds. The number of hydrogen-bond donors (Lipinski definition) is 0. The normalized spacial score (nSPS) is 19.6. The molecule has 0 aliphatic carbocycles. The van der Waals surface area contributed by atoms with Gasteiger partial charge in [-0.1, -0.05) is 24.3 Å². The van der Waals surface area contributed by atoms with Gasteiger partial charge >= 0.3 is 0 Å². The molecule has 2 aromatic carbocycles. The Balaban J connectivity index is 1.21. The third-order valence-electron chi connectivity index (χ3n) is 9.52. The van der Waals surface area contributed by atoms with Gasteiger partial charge in [0.1, 0.15) is 11.5 Å². The monoisotopic (exact) mass is 590 g/mol. The van der Waals surface area contributed by atoms with Gasteiger partial charge in [-0.25, -0.2) is 9.97 Å². The van der Waals surface area contributed by atoms with Crippen LogP contribution in [0.15, 0.2) is 85.2 Å². The first-order valence-electron chi connectivity index (χ1n) is 15.8. The smallest absolute Gasteiger partial charge is 0.221 e. The number of nitrogens with zero attached hydrogens (tertiary/aromatic N) is 4. The topological polar surface area (TPSA) is 50.7 Å². The Hall–Kier alpha value is -4.06. The zero-order chi connectivity index (χ0) is 31.3. The summed E-state index contributed by atoms with van der Waals surface area (Å²) in [5, 5.41) is 0. The van der Waals surface area contributed by atoms with Crippen molar-refractivity contribution in [2.75, 3.05) is 9.80 Å². The van der Waals surface area contributed by atoms with Gasteiger partial charge in [0.2, 0.25) is 11.8 Å². The molecule has 2 aliphatic rings. The number of rotatable bonds is 7. The van der Waals surface area contributed by atoms with Gasteiger partial charge in [0.25, 0.3) is 0 Å². The average molecular weight is 591 g/mol. The second-order valence-electron chi connectivity index (χ2n) is 14.9. The highest BCUT2D eigenvalue weighted by molar-refractivity contribution is 5.67. The number of pyridine rings is 2. The number of aromatic nitrogens is 2. The highest BCUT2D eigenvalue weighted by atomic mass is 16.5. The zero-order valence-corrected chi connectivity index (χ0v) is 27.5. The molecule has 2 aliphatic heterocycles. The lowest BCUT2D eigenvalue weighted by molar-refractivity contribution is 0.444. The van der Waals surface area contributed by atoms with Crippen molar-refractivity contribution < 1.29 is 9.47 Å². The van der Waals surface area contributed by atoms with Gasteiger partial charge in [-0.2, -0.15) is 0 Å². The minimum Gasteiger partial charge on any atom is -0.439 e. The predicted octanol–water partition coefficient (Wildman–Crippen LogP) is 10.0. The molecule has 0 bridgehead atoms. The van der Waals surface area contributed by atoms with E-state index >= 15 is 0 Å². The van der Waals surface area contributed by atoms with Crippen molar-refractivity contribution in [3.8, 4) is 34.4 Å². The summed E-state index contributed by atoms with van der Waals surface area (Å²) in [7, 11) is 0. The van der Waals surface area contributed by atoms with Crippen LogP contribution in [-0.2, 0) is 0 Å². The van der Waals surface area contributed by atoms with Crippen molar-refractivity contribution in [3.63, 3.8) is 0 Å². The standard InChI is InChI=1S/C38H46N4O2/c1-35(2)17-18-36(3,4)41(35)29-15-21-39-33(25-29)43-31-13-9-11-27(23-31)28-12-10-14-32(24-28)44-34-26-30(16-22-40-34)42-37(5,6)19-20-38(42,7)8/h9-16,21-26H,17-20H2,1-8H3. The maximum atomic E-state index is 6.31. The first kappa shape index (κ1) is 30.0. The molecule has 0 N–H and O–H groups in total. The Morgan fingerprint density at radius 3 is 1.23 bits per heavy atom. The summed E-state index contributed by atoms with van der Waals surface area (Å²) in [4.78, 5) is 14.1. The Morgan fingerprint density at radius 1 is 0.500 bits per heavy atom. The molecule has 230 valence electrons. The average Bonchev–Trinajstić information content (AvgIpc) is 3.33. The van der Waals surface area contributed by atoms with E-state index in [0.717, 1.165) is 59.7 Å². The highest BCUT2D eigenvalue weighted by Crippen LogP contribution is 2.46. The van der Waals surface area contributed by atoms with Crippen molar-refractivity contribution in [2.24, 2.45) is 0 Å². The molecular formula is C38H46N4O2. The molecule has 2 aromatic heterocycles. The van der Waals surface area contributed by atoms with Crippen molar-refractivity contribution >= 4 is 11.4 Å². The highest BCUT2D eigenvalue weighted by Gasteiger charge is 2.45. The first-order chi connectivity index (χ1) is 20.7. The molecule has 4 heterocycles. The van der Waals surface area contributed by atoms with E-state index in [9.17, 15) is 0 Å². The number of ether oxygens (including phenoxy) is 2. The maximum Gasteiger partial charge on any atom is 0.221 e. The second kappa shape index (κ2) is 10.8. The van der Waals surface area contributed by atoms with Crippen LogP contribution < -0.4 is 19.3 Å². The summed E-state index contributed by atoms with van der Waals surface area (Å²) in [6, 6.07) is 24.5. The Morgan fingerprint density at radius 2 is 0.864 bits per heavy atom. The van der Waals surface area contributed by atoms with Crippen LogP contribution in [0.4, 0.5) is 11.4 Å². The van der Waals surface area contributed by atoms with Gasteiger partial charge in [-0.3, -0.25) is 0 Å². The van der Waals surface area contributed by atoms with Gasteiger partial charge in [-0.15, -0.1) is 0 Å². The van der Waals surface area contributed by atoms with E-state index in [0.29, 0.717) is 11.8 Å². The lowest BCUT2D eigenvalue weighted by Gasteiger charge is -2.42. The Kier molecular flexibility index (Phi) is 7.38. The lowest BCUT2D eigenvalue weighted by Crippen LogP contribution is -2.48. The van der Waals surface area contributed by atoms with Crippen LogP contribution in [-0.4, -0.2) is 32.1 Å². The van der Waals surface area contributed by atoms with Crippen LogP contribution >= 0.6 is 0 Å². The predicted molar refractivity (Wildman–Crippen MR) is 180 cm³/mol. The van der Waals surface area contributed by atoms with Gasteiger partial charge in [0.05, 0.1) is 0 Å². The molecule has 2 fully saturated rings. The summed E-state index contributed by atoms with van der Waals surface area (Å²) in [6.07, 6.45) is 8.29. The minimum atomic E-state index is 0.0767. The van der Waals surface area contributed by atoms with Gasteiger partial charge < -0.3 is 19.3 Å². The van der Waals surface area contributed by atoms with Crippen LogP contribution in [0, 0.1) is 0 Å². The fraction of sp³-hybridized carbons (Fsp3) is 0.421. The summed E-state index contributed by atoms with van der Waals surface area (Å²) in [6.45, 7) is 18.5. The molecule has 0 spiro atoms. The molecule has 4 aromatic rings. The van der Waals surface area contributed by atoms with E-state index in [4.69, 9.17) is 9.47 Å². The summed E-state index contributed by atoms with van der Waals surface area (Å²) in [5.41, 5.74) is 4.65. The van der Waals surface area contributed by atoms with Gasteiger partial charge in [0.15, 0.2) is 0 Å². The SMILES string of the molecule is CC1(C)CCC(C)(C)N1c1ccnc(Oc2cccc(-c3cccc(Oc4cc(N5C(C)(C)CCC5(C)C)ccn4)c3)c2)c1. The fourth-order valence-electron chi connectivity index (χ4n) is 7.62. The van der Waals surface area contributed by atoms with E-state index in [1.54, 1.807) is 0 Å². The van der Waals surface area contributed by atoms with Crippen molar-refractivity contribution in [2.45, 2.75) is 103 Å². The summed E-state index contributed by atoms with van der Waals surface area (Å²) >= 11 is 0. The molecule has 0 radical (unpaired) electrons. The molecule has 6 nitrogen and oxygen atoms in total. The third-order valence-corrected chi connectivity index (χ3v) is 9.52. The number of hydrogen-bond acceptors (Lipinski definition) is 6. The van der Waals surface area contributed by atoms with Gasteiger partial charge in [0, 0.05) is 58.1 Å². The van der Waals surface area contributed by atoms with E-state index in [1.807, 2.05) is 48.8 Å². The van der Waals surface area contributed by atoms with Crippen LogP contribution in [0.25, 0.3) is 11.1 Å². The quantitative estimate of drug-likeness (QED) is 0.213. The third kappa shape index (κ3) is 5.87. The lowest BCUT2D eigenvalue weighted by atomic mass is 10.0. The number of anilines is 2. The molecule has 0 saturated carbocycles. The molecule has 2 saturated heterocycles. The van der Waals surface area contributed by atoms with E-state index in [2.05, 4.69) is 112 Å². The number of benzene rings is 2. The van der Waals surface area contributed by atoms with E-state index < -0.39 is 0 Å². The molecule has 44 heavy (non-hydrogen) atoms. The van der Waals surface area contributed by atoms with Crippen LogP contribution in [0.1, 0.15) is 81.1 Å². The van der Waals surface area contributed by atoms with E-state index in [-0.39, 0.29) is 22.2 Å². The zero-order valence-electron chi connectivity index (χ0n) is 27.5. The van der Waals surface area contributed by atoms with Crippen LogP contribution in [0.3, 0.4) is 0 Å². The molecule has 6 rings (SSSR count).